The lowest BCUT2D eigenvalue weighted by molar-refractivity contribution is -0.139. The number of amides is 2. The summed E-state index contributed by atoms with van der Waals surface area (Å²) in [6.45, 7) is 8.74. The molecule has 0 aromatic heterocycles. The number of rotatable bonds is 10. The highest BCUT2D eigenvalue weighted by Gasteiger charge is 2.37. The van der Waals surface area contributed by atoms with Gasteiger partial charge in [-0.15, -0.1) is 0 Å². The molecule has 1 aromatic rings. The van der Waals surface area contributed by atoms with Crippen molar-refractivity contribution in [1.29, 1.82) is 0 Å². The topological polar surface area (TPSA) is 117 Å². The number of hydrogen-bond acceptors (Lipinski definition) is 7. The first-order valence-electron chi connectivity index (χ1n) is 10.3. The summed E-state index contributed by atoms with van der Waals surface area (Å²) in [5.74, 6) is -0.995. The fraction of sp³-hybridized carbons (Fsp3) is 0.600. The molecule has 1 atom stereocenters. The number of nitrogens with zero attached hydrogens (tertiary/aromatic N) is 2. The second-order valence-corrected chi connectivity index (χ2v) is 8.96. The number of carbonyl (C=O) groups is 2. The Balaban J connectivity index is 1.94. The maximum atomic E-state index is 13.0. The highest BCUT2D eigenvalue weighted by Crippen LogP contribution is 2.26. The van der Waals surface area contributed by atoms with Gasteiger partial charge in [0.15, 0.2) is 0 Å². The number of sulfonamides is 1. The molecule has 2 rings (SSSR count). The maximum Gasteiger partial charge on any atom is 0.309 e. The summed E-state index contributed by atoms with van der Waals surface area (Å²) in [7, 11) is -2.32. The number of ether oxygens (including phenoxy) is 2. The van der Waals surface area contributed by atoms with Crippen LogP contribution < -0.4 is 15.4 Å². The van der Waals surface area contributed by atoms with E-state index in [9.17, 15) is 18.0 Å². The second kappa shape index (κ2) is 11.4. The van der Waals surface area contributed by atoms with Crippen LogP contribution in [-0.4, -0.2) is 88.7 Å². The Bertz CT molecular complexity index is 872. The lowest BCUT2D eigenvalue weighted by Gasteiger charge is -2.23. The summed E-state index contributed by atoms with van der Waals surface area (Å²) in [4.78, 5) is 26.3. The molecule has 1 aromatic carbocycles. The zero-order valence-electron chi connectivity index (χ0n) is 18.5. The fourth-order valence-corrected chi connectivity index (χ4v) is 4.89. The molecule has 2 amide bonds. The molecule has 10 nitrogen and oxygen atoms in total. The van der Waals surface area contributed by atoms with Crippen LogP contribution in [0.15, 0.2) is 23.1 Å². The molecular weight excluding hydrogens is 424 g/mol. The molecule has 11 heteroatoms. The zero-order chi connectivity index (χ0) is 23.0. The maximum absolute atomic E-state index is 13.0. The molecule has 1 aliphatic heterocycles. The van der Waals surface area contributed by atoms with Crippen molar-refractivity contribution in [3.05, 3.63) is 23.8 Å². The summed E-state index contributed by atoms with van der Waals surface area (Å²) in [5.41, 5.74) is 0.690. The number of benzene rings is 1. The number of hydrogen-bond donors (Lipinski definition) is 2. The number of carbonyl (C=O) groups excluding carboxylic acids is 2. The smallest absolute Gasteiger partial charge is 0.309 e. The van der Waals surface area contributed by atoms with Gasteiger partial charge in [-0.05, 0) is 43.8 Å². The van der Waals surface area contributed by atoms with Gasteiger partial charge in [-0.3, -0.25) is 9.59 Å². The van der Waals surface area contributed by atoms with Gasteiger partial charge >= 0.3 is 11.8 Å². The Labute approximate surface area is 183 Å². The van der Waals surface area contributed by atoms with Gasteiger partial charge in [0.05, 0.1) is 25.2 Å². The van der Waals surface area contributed by atoms with E-state index in [1.165, 1.54) is 23.5 Å². The van der Waals surface area contributed by atoms with Gasteiger partial charge in [0.1, 0.15) is 12.0 Å². The Morgan fingerprint density at radius 2 is 1.90 bits per heavy atom. The van der Waals surface area contributed by atoms with Crippen LogP contribution >= 0.6 is 0 Å². The van der Waals surface area contributed by atoms with Crippen molar-refractivity contribution in [2.75, 3.05) is 53.0 Å². The van der Waals surface area contributed by atoms with Crippen LogP contribution in [0, 0.1) is 6.92 Å². The van der Waals surface area contributed by atoms with Crippen molar-refractivity contribution in [3.63, 3.8) is 0 Å². The average molecular weight is 457 g/mol. The van der Waals surface area contributed by atoms with Crippen molar-refractivity contribution in [2.45, 2.75) is 31.9 Å². The normalized spacial score (nSPS) is 17.0. The largest absolute Gasteiger partial charge is 0.496 e. The molecule has 1 saturated heterocycles. The van der Waals surface area contributed by atoms with Gasteiger partial charge in [-0.1, -0.05) is 13.8 Å². The predicted molar refractivity (Wildman–Crippen MR) is 115 cm³/mol. The second-order valence-electron chi connectivity index (χ2n) is 7.07. The van der Waals surface area contributed by atoms with Crippen molar-refractivity contribution >= 4 is 21.8 Å². The van der Waals surface area contributed by atoms with Crippen LogP contribution in [0.25, 0.3) is 0 Å². The first-order chi connectivity index (χ1) is 14.7. The lowest BCUT2D eigenvalue weighted by atomic mass is 10.2. The standard InChI is InChI=1S/C20H32N4O6S/c1-5-23(6-2)10-9-21-19(25)20(26)22-14-18-24(11-12-30-18)31(27,28)16-7-8-17(29-4)15(3)13-16/h7-8,13,18H,5-6,9-12,14H2,1-4H3,(H,21,25)(H,22,26). The van der Waals surface area contributed by atoms with E-state index in [4.69, 9.17) is 9.47 Å². The highest BCUT2D eigenvalue weighted by atomic mass is 32.2. The molecule has 0 saturated carbocycles. The SMILES string of the molecule is CCN(CC)CCNC(=O)C(=O)NCC1OCCN1S(=O)(=O)c1ccc(OC)c(C)c1. The third kappa shape index (κ3) is 6.39. The predicted octanol–water partition coefficient (Wildman–Crippen LogP) is -0.0752. The van der Waals surface area contributed by atoms with E-state index in [1.807, 2.05) is 13.8 Å². The average Bonchev–Trinajstić information content (AvgIpc) is 3.24. The molecule has 0 spiro atoms. The van der Waals surface area contributed by atoms with Gasteiger partial charge in [-0.2, -0.15) is 4.31 Å². The van der Waals surface area contributed by atoms with E-state index in [2.05, 4.69) is 15.5 Å². The summed E-state index contributed by atoms with van der Waals surface area (Å²) >= 11 is 0. The Kier molecular flexibility index (Phi) is 9.23. The van der Waals surface area contributed by atoms with E-state index in [0.717, 1.165) is 13.1 Å². The summed E-state index contributed by atoms with van der Waals surface area (Å²) in [5, 5.41) is 5.02. The van der Waals surface area contributed by atoms with Gasteiger partial charge in [-0.25, -0.2) is 8.42 Å². The van der Waals surface area contributed by atoms with Gasteiger partial charge in [0.25, 0.3) is 0 Å². The Hall–Kier alpha value is -2.21. The van der Waals surface area contributed by atoms with Crippen LogP contribution in [0.5, 0.6) is 5.75 Å². The number of likely N-dealkylation sites (N-methyl/N-ethyl adjacent to an activating group) is 1. The van der Waals surface area contributed by atoms with Gasteiger partial charge in [0, 0.05) is 19.6 Å². The minimum atomic E-state index is -3.84. The number of methoxy groups -OCH3 is 1. The molecule has 1 fully saturated rings. The molecule has 174 valence electrons. The summed E-state index contributed by atoms with van der Waals surface area (Å²) in [6.07, 6.45) is -0.889. The van der Waals surface area contributed by atoms with Gasteiger partial charge in [0.2, 0.25) is 10.0 Å². The molecule has 1 aliphatic rings. The summed E-state index contributed by atoms with van der Waals surface area (Å²) < 4.78 is 37.9. The van der Waals surface area contributed by atoms with E-state index < -0.39 is 28.1 Å². The van der Waals surface area contributed by atoms with E-state index in [0.29, 0.717) is 24.4 Å². The Morgan fingerprint density at radius 3 is 2.52 bits per heavy atom. The fourth-order valence-electron chi connectivity index (χ4n) is 3.30. The molecule has 31 heavy (non-hydrogen) atoms. The van der Waals surface area contributed by atoms with Crippen LogP contribution in [0.2, 0.25) is 0 Å². The van der Waals surface area contributed by atoms with Crippen molar-refractivity contribution in [2.24, 2.45) is 0 Å². The van der Waals surface area contributed by atoms with E-state index in [1.54, 1.807) is 13.0 Å². The van der Waals surface area contributed by atoms with E-state index in [-0.39, 0.29) is 24.6 Å². The summed E-state index contributed by atoms with van der Waals surface area (Å²) in [6, 6.07) is 4.60. The van der Waals surface area contributed by atoms with E-state index >= 15 is 0 Å². The number of nitrogens with one attached hydrogen (secondary N) is 2. The highest BCUT2D eigenvalue weighted by molar-refractivity contribution is 7.89. The van der Waals surface area contributed by atoms with Crippen LogP contribution in [0.4, 0.5) is 0 Å². The first-order valence-corrected chi connectivity index (χ1v) is 11.7. The third-order valence-electron chi connectivity index (χ3n) is 5.17. The van der Waals surface area contributed by atoms with Crippen molar-refractivity contribution in [1.82, 2.24) is 19.8 Å². The molecule has 0 aliphatic carbocycles. The van der Waals surface area contributed by atoms with Crippen LogP contribution in [0.3, 0.4) is 0 Å². The molecular formula is C20H32N4O6S. The molecule has 0 bridgehead atoms. The first kappa shape index (κ1) is 25.1. The minimum Gasteiger partial charge on any atom is -0.496 e. The monoisotopic (exact) mass is 456 g/mol. The minimum absolute atomic E-state index is 0.113. The number of aryl methyl sites for hydroxylation is 1. The Morgan fingerprint density at radius 1 is 1.23 bits per heavy atom. The molecule has 0 radical (unpaired) electrons. The molecule has 1 heterocycles. The van der Waals surface area contributed by atoms with Crippen LogP contribution in [-0.2, 0) is 24.3 Å². The van der Waals surface area contributed by atoms with Gasteiger partial charge < -0.3 is 25.0 Å². The molecule has 1 unspecified atom stereocenters. The van der Waals surface area contributed by atoms with Crippen LogP contribution in [0.1, 0.15) is 19.4 Å². The molecule has 2 N–H and O–H groups in total. The van der Waals surface area contributed by atoms with Crippen molar-refractivity contribution < 1.29 is 27.5 Å². The quantitative estimate of drug-likeness (QED) is 0.473. The van der Waals surface area contributed by atoms with Crippen molar-refractivity contribution in [3.8, 4) is 5.75 Å². The lowest BCUT2D eigenvalue weighted by Crippen LogP contribution is -2.48. The third-order valence-corrected chi connectivity index (χ3v) is 7.05. The zero-order valence-corrected chi connectivity index (χ0v) is 19.3.